The van der Waals surface area contributed by atoms with Crippen molar-refractivity contribution in [2.45, 2.75) is 18.9 Å². The van der Waals surface area contributed by atoms with Gasteiger partial charge in [-0.05, 0) is 18.9 Å². The van der Waals surface area contributed by atoms with Gasteiger partial charge in [0.1, 0.15) is 11.1 Å². The van der Waals surface area contributed by atoms with Crippen molar-refractivity contribution >= 4 is 33.3 Å². The molecule has 2 aromatic heterocycles. The summed E-state index contributed by atoms with van der Waals surface area (Å²) >= 11 is 1.30. The number of pyridine rings is 1. The van der Waals surface area contributed by atoms with Gasteiger partial charge in [0, 0.05) is 25.1 Å². The van der Waals surface area contributed by atoms with E-state index in [4.69, 9.17) is 4.74 Å². The molecule has 8 heteroatoms. The zero-order valence-corrected chi connectivity index (χ0v) is 14.4. The van der Waals surface area contributed by atoms with Crippen molar-refractivity contribution in [2.24, 2.45) is 7.05 Å². The van der Waals surface area contributed by atoms with Gasteiger partial charge in [-0.15, -0.1) is 10.2 Å². The molecule has 3 aromatic rings. The van der Waals surface area contributed by atoms with E-state index in [1.165, 1.54) is 22.0 Å². The van der Waals surface area contributed by atoms with Crippen LogP contribution in [0.2, 0.25) is 0 Å². The van der Waals surface area contributed by atoms with Crippen LogP contribution in [-0.4, -0.2) is 27.3 Å². The molecule has 0 aliphatic carbocycles. The summed E-state index contributed by atoms with van der Waals surface area (Å²) in [5.41, 5.74) is 0.797. The summed E-state index contributed by atoms with van der Waals surface area (Å²) in [6.07, 6.45) is 1.89. The molecule has 1 fully saturated rings. The Kier molecular flexibility index (Phi) is 4.06. The lowest BCUT2D eigenvalue weighted by Crippen LogP contribution is -2.21. The molecule has 1 N–H and O–H groups in total. The summed E-state index contributed by atoms with van der Waals surface area (Å²) in [5.74, 6) is -0.371. The summed E-state index contributed by atoms with van der Waals surface area (Å²) in [5, 5.41) is 12.7. The Morgan fingerprint density at radius 3 is 3.00 bits per heavy atom. The predicted octanol–water partition coefficient (Wildman–Crippen LogP) is 2.49. The summed E-state index contributed by atoms with van der Waals surface area (Å²) in [7, 11) is 1.69. The number of anilines is 1. The van der Waals surface area contributed by atoms with Crippen molar-refractivity contribution in [1.29, 1.82) is 0 Å². The number of benzene rings is 1. The standard InChI is InChI=1S/C17H16N4O3S/c1-21-12-6-3-2-5-10(12)11(9-14(21)22)15(23)18-17-20-19-16(25-17)13-7-4-8-24-13/h2-3,5-6,9,13H,4,7-8H2,1H3,(H,18,20,23)/t13-/m1/s1. The normalized spacial score (nSPS) is 17.1. The van der Waals surface area contributed by atoms with Gasteiger partial charge in [-0.3, -0.25) is 14.9 Å². The monoisotopic (exact) mass is 356 g/mol. The molecule has 1 saturated heterocycles. The fourth-order valence-electron chi connectivity index (χ4n) is 2.95. The minimum absolute atomic E-state index is 0.0343. The Morgan fingerprint density at radius 2 is 2.20 bits per heavy atom. The summed E-state index contributed by atoms with van der Waals surface area (Å²) in [6, 6.07) is 8.65. The van der Waals surface area contributed by atoms with E-state index in [1.54, 1.807) is 7.05 Å². The first kappa shape index (κ1) is 15.9. The van der Waals surface area contributed by atoms with Gasteiger partial charge in [0.25, 0.3) is 11.5 Å². The zero-order valence-electron chi connectivity index (χ0n) is 13.6. The molecule has 3 heterocycles. The molecule has 0 unspecified atom stereocenters. The van der Waals surface area contributed by atoms with Crippen molar-refractivity contribution in [3.05, 3.63) is 51.3 Å². The van der Waals surface area contributed by atoms with Crippen LogP contribution in [0, 0.1) is 0 Å². The van der Waals surface area contributed by atoms with E-state index < -0.39 is 0 Å². The molecule has 0 bridgehead atoms. The van der Waals surface area contributed by atoms with Crippen LogP contribution in [0.1, 0.15) is 34.3 Å². The van der Waals surface area contributed by atoms with Crippen LogP contribution in [-0.2, 0) is 11.8 Å². The third-order valence-corrected chi connectivity index (χ3v) is 5.20. The van der Waals surface area contributed by atoms with Crippen molar-refractivity contribution < 1.29 is 9.53 Å². The summed E-state index contributed by atoms with van der Waals surface area (Å²) in [4.78, 5) is 24.8. The second-order valence-corrected chi connectivity index (χ2v) is 6.88. The highest BCUT2D eigenvalue weighted by Crippen LogP contribution is 2.32. The van der Waals surface area contributed by atoms with Gasteiger partial charge in [-0.25, -0.2) is 0 Å². The molecule has 25 heavy (non-hydrogen) atoms. The molecular formula is C17H16N4O3S. The Bertz CT molecular complexity index is 1000. The molecular weight excluding hydrogens is 340 g/mol. The number of hydrogen-bond donors (Lipinski definition) is 1. The van der Waals surface area contributed by atoms with Gasteiger partial charge >= 0.3 is 0 Å². The Hall–Kier alpha value is -2.58. The predicted molar refractivity (Wildman–Crippen MR) is 95.0 cm³/mol. The fourth-order valence-corrected chi connectivity index (χ4v) is 3.77. The van der Waals surface area contributed by atoms with Crippen molar-refractivity contribution in [3.63, 3.8) is 0 Å². The number of fused-ring (bicyclic) bond motifs is 1. The number of hydrogen-bond acceptors (Lipinski definition) is 6. The lowest BCUT2D eigenvalue weighted by atomic mass is 10.1. The number of nitrogens with zero attached hydrogens (tertiary/aromatic N) is 3. The summed E-state index contributed by atoms with van der Waals surface area (Å²) < 4.78 is 7.10. The van der Waals surface area contributed by atoms with Gasteiger partial charge in [0.15, 0.2) is 0 Å². The topological polar surface area (TPSA) is 86.1 Å². The first-order chi connectivity index (χ1) is 12.1. The lowest BCUT2D eigenvalue weighted by Gasteiger charge is -2.09. The van der Waals surface area contributed by atoms with Crippen LogP contribution < -0.4 is 10.9 Å². The highest BCUT2D eigenvalue weighted by atomic mass is 32.1. The quantitative estimate of drug-likeness (QED) is 0.779. The fraction of sp³-hybridized carbons (Fsp3) is 0.294. The number of amides is 1. The molecule has 1 amide bonds. The zero-order chi connectivity index (χ0) is 17.4. The van der Waals surface area contributed by atoms with Gasteiger partial charge in [-0.2, -0.15) is 0 Å². The maximum atomic E-state index is 12.7. The maximum absolute atomic E-state index is 12.7. The van der Waals surface area contributed by atoms with Gasteiger partial charge in [0.2, 0.25) is 5.13 Å². The molecule has 1 aliphatic rings. The van der Waals surface area contributed by atoms with E-state index in [2.05, 4.69) is 15.5 Å². The summed E-state index contributed by atoms with van der Waals surface area (Å²) in [6.45, 7) is 0.727. The van der Waals surface area contributed by atoms with Crippen LogP contribution in [0.15, 0.2) is 35.1 Å². The lowest BCUT2D eigenvalue weighted by molar-refractivity contribution is 0.102. The number of rotatable bonds is 3. The van der Waals surface area contributed by atoms with E-state index >= 15 is 0 Å². The molecule has 1 aliphatic heterocycles. The van der Waals surface area contributed by atoms with Gasteiger partial charge in [0.05, 0.1) is 11.1 Å². The number of nitrogens with one attached hydrogen (secondary N) is 1. The van der Waals surface area contributed by atoms with Gasteiger partial charge in [-0.1, -0.05) is 29.5 Å². The number of aromatic nitrogens is 3. The second-order valence-electron chi connectivity index (χ2n) is 5.87. The van der Waals surface area contributed by atoms with Gasteiger partial charge < -0.3 is 9.30 Å². The Morgan fingerprint density at radius 1 is 1.36 bits per heavy atom. The average Bonchev–Trinajstić information content (AvgIpc) is 3.29. The minimum atomic E-state index is -0.371. The number of carbonyl (C=O) groups is 1. The Labute approximate surface area is 147 Å². The largest absolute Gasteiger partial charge is 0.371 e. The van der Waals surface area contributed by atoms with Crippen LogP contribution in [0.3, 0.4) is 0 Å². The number of aryl methyl sites for hydroxylation is 1. The van der Waals surface area contributed by atoms with Crippen molar-refractivity contribution in [3.8, 4) is 0 Å². The third-order valence-electron chi connectivity index (χ3n) is 4.26. The highest BCUT2D eigenvalue weighted by molar-refractivity contribution is 7.15. The smallest absolute Gasteiger partial charge is 0.258 e. The SMILES string of the molecule is Cn1c(=O)cc(C(=O)Nc2nnc([C@H]3CCCO3)s2)c2ccccc21. The highest BCUT2D eigenvalue weighted by Gasteiger charge is 2.23. The van der Waals surface area contributed by atoms with Crippen molar-refractivity contribution in [2.75, 3.05) is 11.9 Å². The molecule has 0 spiro atoms. The van der Waals surface area contributed by atoms with E-state index in [0.29, 0.717) is 21.6 Å². The number of ether oxygens (including phenoxy) is 1. The average molecular weight is 356 g/mol. The molecule has 0 saturated carbocycles. The Balaban J connectivity index is 1.64. The van der Waals surface area contributed by atoms with Crippen molar-refractivity contribution in [1.82, 2.24) is 14.8 Å². The van der Waals surface area contributed by atoms with E-state index in [9.17, 15) is 9.59 Å². The third kappa shape index (κ3) is 2.94. The first-order valence-electron chi connectivity index (χ1n) is 7.98. The van der Waals surface area contributed by atoms with E-state index in [1.807, 2.05) is 24.3 Å². The van der Waals surface area contributed by atoms with E-state index in [-0.39, 0.29) is 17.6 Å². The first-order valence-corrected chi connectivity index (χ1v) is 8.80. The molecule has 4 rings (SSSR count). The molecule has 1 aromatic carbocycles. The number of carbonyl (C=O) groups excluding carboxylic acids is 1. The minimum Gasteiger partial charge on any atom is -0.371 e. The van der Waals surface area contributed by atoms with Crippen LogP contribution in [0.4, 0.5) is 5.13 Å². The van der Waals surface area contributed by atoms with Crippen LogP contribution >= 0.6 is 11.3 Å². The second kappa shape index (κ2) is 6.38. The molecule has 0 radical (unpaired) electrons. The maximum Gasteiger partial charge on any atom is 0.258 e. The van der Waals surface area contributed by atoms with E-state index in [0.717, 1.165) is 24.5 Å². The molecule has 128 valence electrons. The molecule has 7 nitrogen and oxygen atoms in total. The number of para-hydroxylation sites is 1. The van der Waals surface area contributed by atoms with Crippen LogP contribution in [0.5, 0.6) is 0 Å². The van der Waals surface area contributed by atoms with Crippen LogP contribution in [0.25, 0.3) is 10.9 Å². The molecule has 1 atom stereocenters.